The molecule has 1 fully saturated rings. The van der Waals surface area contributed by atoms with Gasteiger partial charge in [-0.15, -0.1) is 0 Å². The summed E-state index contributed by atoms with van der Waals surface area (Å²) in [7, 11) is 0. The Morgan fingerprint density at radius 1 is 1.38 bits per heavy atom. The summed E-state index contributed by atoms with van der Waals surface area (Å²) in [6.45, 7) is 1.62. The highest BCUT2D eigenvalue weighted by Gasteiger charge is 2.21. The lowest BCUT2D eigenvalue weighted by molar-refractivity contribution is 0.125. The van der Waals surface area contributed by atoms with Crippen molar-refractivity contribution in [3.8, 4) is 5.75 Å². The second kappa shape index (κ2) is 3.43. The van der Waals surface area contributed by atoms with Crippen molar-refractivity contribution in [1.82, 2.24) is 9.88 Å². The van der Waals surface area contributed by atoms with Gasteiger partial charge in [-0.05, 0) is 18.6 Å². The first-order chi connectivity index (χ1) is 6.36. The van der Waals surface area contributed by atoms with Crippen molar-refractivity contribution in [1.29, 1.82) is 0 Å². The van der Waals surface area contributed by atoms with Crippen molar-refractivity contribution in [2.24, 2.45) is 0 Å². The van der Waals surface area contributed by atoms with Gasteiger partial charge in [-0.1, -0.05) is 0 Å². The third-order valence-corrected chi connectivity index (χ3v) is 1.97. The molecule has 0 atom stereocenters. The van der Waals surface area contributed by atoms with Crippen molar-refractivity contribution >= 4 is 6.09 Å². The third kappa shape index (κ3) is 1.77. The smallest absolute Gasteiger partial charge is 0.410 e. The summed E-state index contributed by atoms with van der Waals surface area (Å²) in [5.74, 6) is 0.548. The van der Waals surface area contributed by atoms with Crippen molar-refractivity contribution < 1.29 is 9.53 Å². The van der Waals surface area contributed by atoms with E-state index in [0.717, 1.165) is 19.5 Å². The van der Waals surface area contributed by atoms with E-state index in [1.54, 1.807) is 29.4 Å². The molecule has 0 N–H and O–H groups in total. The number of likely N-dealkylation sites (tertiary alicyclic amines) is 1. The van der Waals surface area contributed by atoms with Crippen LogP contribution in [0.1, 0.15) is 6.42 Å². The minimum absolute atomic E-state index is 0.266. The highest BCUT2D eigenvalue weighted by molar-refractivity contribution is 5.71. The summed E-state index contributed by atoms with van der Waals surface area (Å²) in [6.07, 6.45) is 4.00. The lowest BCUT2D eigenvalue weighted by Crippen LogP contribution is -2.43. The highest BCUT2D eigenvalue weighted by Crippen LogP contribution is 2.12. The fourth-order valence-electron chi connectivity index (χ4n) is 1.07. The molecule has 1 aromatic heterocycles. The molecule has 1 saturated heterocycles. The monoisotopic (exact) mass is 178 g/mol. The second-order valence-corrected chi connectivity index (χ2v) is 2.89. The molecular formula is C9H10N2O2. The fraction of sp³-hybridized carbons (Fsp3) is 0.333. The Kier molecular flexibility index (Phi) is 2.12. The van der Waals surface area contributed by atoms with Crippen LogP contribution in [0.25, 0.3) is 0 Å². The molecule has 4 heteroatoms. The minimum atomic E-state index is -0.266. The lowest BCUT2D eigenvalue weighted by atomic mass is 10.2. The predicted molar refractivity (Wildman–Crippen MR) is 46.5 cm³/mol. The number of carbonyl (C=O) groups is 1. The SMILES string of the molecule is O=C(Oc1ccncc1)N1CCC1. The van der Waals surface area contributed by atoms with Crippen LogP contribution in [0.3, 0.4) is 0 Å². The summed E-state index contributed by atoms with van der Waals surface area (Å²) in [4.78, 5) is 16.8. The molecule has 2 rings (SSSR count). The van der Waals surface area contributed by atoms with Gasteiger partial charge < -0.3 is 9.64 Å². The van der Waals surface area contributed by atoms with Gasteiger partial charge in [0, 0.05) is 25.5 Å². The molecular weight excluding hydrogens is 168 g/mol. The van der Waals surface area contributed by atoms with Gasteiger partial charge >= 0.3 is 6.09 Å². The Morgan fingerprint density at radius 3 is 2.62 bits per heavy atom. The Hall–Kier alpha value is -1.58. The summed E-state index contributed by atoms with van der Waals surface area (Å²) >= 11 is 0. The maximum atomic E-state index is 11.3. The van der Waals surface area contributed by atoms with E-state index in [2.05, 4.69) is 4.98 Å². The number of hydrogen-bond acceptors (Lipinski definition) is 3. The number of ether oxygens (including phenoxy) is 1. The number of rotatable bonds is 1. The van der Waals surface area contributed by atoms with Crippen molar-refractivity contribution in [2.45, 2.75) is 6.42 Å². The average molecular weight is 178 g/mol. The Labute approximate surface area is 76.1 Å². The molecule has 13 heavy (non-hydrogen) atoms. The van der Waals surface area contributed by atoms with Crippen molar-refractivity contribution in [3.05, 3.63) is 24.5 Å². The van der Waals surface area contributed by atoms with Crippen LogP contribution in [0, 0.1) is 0 Å². The molecule has 1 aliphatic heterocycles. The molecule has 0 spiro atoms. The van der Waals surface area contributed by atoms with Crippen LogP contribution in [0.15, 0.2) is 24.5 Å². The van der Waals surface area contributed by atoms with Gasteiger partial charge in [0.2, 0.25) is 0 Å². The quantitative estimate of drug-likeness (QED) is 0.650. The van der Waals surface area contributed by atoms with Gasteiger partial charge in [0.05, 0.1) is 0 Å². The van der Waals surface area contributed by atoms with Crippen LogP contribution in [-0.2, 0) is 0 Å². The van der Waals surface area contributed by atoms with E-state index in [0.29, 0.717) is 5.75 Å². The van der Waals surface area contributed by atoms with E-state index in [1.165, 1.54) is 0 Å². The number of carbonyl (C=O) groups excluding carboxylic acids is 1. The van der Waals surface area contributed by atoms with Gasteiger partial charge in [-0.25, -0.2) is 4.79 Å². The molecule has 0 unspecified atom stereocenters. The van der Waals surface area contributed by atoms with Crippen LogP contribution in [0.4, 0.5) is 4.79 Å². The Balaban J connectivity index is 1.94. The van der Waals surface area contributed by atoms with Crippen molar-refractivity contribution in [2.75, 3.05) is 13.1 Å². The molecule has 0 bridgehead atoms. The molecule has 2 heterocycles. The normalized spacial score (nSPS) is 14.9. The minimum Gasteiger partial charge on any atom is -0.410 e. The molecule has 0 aromatic carbocycles. The number of pyridine rings is 1. The van der Waals surface area contributed by atoms with Crippen LogP contribution in [0.2, 0.25) is 0 Å². The summed E-state index contributed by atoms with van der Waals surface area (Å²) in [5.41, 5.74) is 0. The van der Waals surface area contributed by atoms with Crippen LogP contribution < -0.4 is 4.74 Å². The number of hydrogen-bond donors (Lipinski definition) is 0. The second-order valence-electron chi connectivity index (χ2n) is 2.89. The number of amides is 1. The molecule has 0 radical (unpaired) electrons. The molecule has 1 aliphatic rings. The molecule has 68 valence electrons. The highest BCUT2D eigenvalue weighted by atomic mass is 16.6. The van der Waals surface area contributed by atoms with Crippen LogP contribution in [0.5, 0.6) is 5.75 Å². The lowest BCUT2D eigenvalue weighted by Gasteiger charge is -2.29. The van der Waals surface area contributed by atoms with E-state index >= 15 is 0 Å². The maximum Gasteiger partial charge on any atom is 0.415 e. The van der Waals surface area contributed by atoms with Gasteiger partial charge in [-0.3, -0.25) is 4.98 Å². The molecule has 1 aromatic rings. The van der Waals surface area contributed by atoms with Crippen molar-refractivity contribution in [3.63, 3.8) is 0 Å². The standard InChI is InChI=1S/C9H10N2O2/c12-9(11-6-1-7-11)13-8-2-4-10-5-3-8/h2-5H,1,6-7H2. The average Bonchev–Trinajstić information content (AvgIpc) is 2.02. The molecule has 1 amide bonds. The van der Waals surface area contributed by atoms with E-state index < -0.39 is 0 Å². The predicted octanol–water partition coefficient (Wildman–Crippen LogP) is 1.29. The van der Waals surface area contributed by atoms with Gasteiger partial charge in [-0.2, -0.15) is 0 Å². The molecule has 0 aliphatic carbocycles. The maximum absolute atomic E-state index is 11.3. The first-order valence-corrected chi connectivity index (χ1v) is 4.23. The van der Waals surface area contributed by atoms with Gasteiger partial charge in [0.1, 0.15) is 5.75 Å². The summed E-state index contributed by atoms with van der Waals surface area (Å²) in [5, 5.41) is 0. The zero-order valence-corrected chi connectivity index (χ0v) is 7.14. The van der Waals surface area contributed by atoms with E-state index in [-0.39, 0.29) is 6.09 Å². The van der Waals surface area contributed by atoms with Gasteiger partial charge in [0.25, 0.3) is 0 Å². The third-order valence-electron chi connectivity index (χ3n) is 1.97. The topological polar surface area (TPSA) is 42.4 Å². The fourth-order valence-corrected chi connectivity index (χ4v) is 1.07. The van der Waals surface area contributed by atoms with Crippen LogP contribution >= 0.6 is 0 Å². The van der Waals surface area contributed by atoms with E-state index in [4.69, 9.17) is 4.74 Å². The first kappa shape index (κ1) is 8.04. The van der Waals surface area contributed by atoms with E-state index in [9.17, 15) is 4.79 Å². The van der Waals surface area contributed by atoms with Crippen LogP contribution in [-0.4, -0.2) is 29.1 Å². The summed E-state index contributed by atoms with van der Waals surface area (Å²) < 4.78 is 5.07. The van der Waals surface area contributed by atoms with Gasteiger partial charge in [0.15, 0.2) is 0 Å². The Morgan fingerprint density at radius 2 is 2.08 bits per heavy atom. The largest absolute Gasteiger partial charge is 0.415 e. The zero-order valence-electron chi connectivity index (χ0n) is 7.14. The Bertz CT molecular complexity index is 296. The zero-order chi connectivity index (χ0) is 9.10. The molecule has 0 saturated carbocycles. The van der Waals surface area contributed by atoms with E-state index in [1.807, 2.05) is 0 Å². The number of aromatic nitrogens is 1. The number of nitrogens with zero attached hydrogens (tertiary/aromatic N) is 2. The first-order valence-electron chi connectivity index (χ1n) is 4.23. The summed E-state index contributed by atoms with van der Waals surface area (Å²) in [6, 6.07) is 3.33. The molecule has 4 nitrogen and oxygen atoms in total.